The molecule has 0 spiro atoms. The monoisotopic (exact) mass is 368 g/mol. The van der Waals surface area contributed by atoms with Crippen LogP contribution in [0.25, 0.3) is 0 Å². The van der Waals surface area contributed by atoms with E-state index in [0.717, 1.165) is 39.1 Å². The molecule has 1 heterocycles. The van der Waals surface area contributed by atoms with Crippen molar-refractivity contribution >= 4 is 0 Å². The van der Waals surface area contributed by atoms with Crippen LogP contribution in [-0.2, 0) is 14.2 Å². The van der Waals surface area contributed by atoms with Crippen molar-refractivity contribution in [3.63, 3.8) is 0 Å². The molecule has 3 atom stereocenters. The van der Waals surface area contributed by atoms with Gasteiger partial charge in [-0.1, -0.05) is 13.5 Å². The minimum atomic E-state index is -0.312. The second-order valence-electron chi connectivity index (χ2n) is 7.61. The van der Waals surface area contributed by atoms with E-state index in [9.17, 15) is 0 Å². The highest BCUT2D eigenvalue weighted by Crippen LogP contribution is 2.29. The van der Waals surface area contributed by atoms with Crippen molar-refractivity contribution in [3.05, 3.63) is 24.0 Å². The number of nitrogens with one attached hydrogen (secondary N) is 1. The third kappa shape index (κ3) is 6.38. The summed E-state index contributed by atoms with van der Waals surface area (Å²) in [5.74, 6) is 0. The highest BCUT2D eigenvalue weighted by atomic mass is 16.5. The van der Waals surface area contributed by atoms with Crippen LogP contribution in [0.5, 0.6) is 0 Å². The van der Waals surface area contributed by atoms with Crippen LogP contribution in [0.15, 0.2) is 24.0 Å². The maximum Gasteiger partial charge on any atom is 0.0911 e. The average molecular weight is 369 g/mol. The molecule has 0 aromatic rings. The number of nitrogens with zero attached hydrogens (tertiary/aromatic N) is 1. The largest absolute Gasteiger partial charge is 0.379 e. The molecule has 26 heavy (non-hydrogen) atoms. The van der Waals surface area contributed by atoms with Crippen LogP contribution in [-0.4, -0.2) is 62.2 Å². The molecule has 5 heteroatoms. The summed E-state index contributed by atoms with van der Waals surface area (Å²) in [5, 5.41) is 3.39. The quantitative estimate of drug-likeness (QED) is 0.602. The molecule has 152 valence electrons. The Morgan fingerprint density at radius 3 is 2.38 bits per heavy atom. The van der Waals surface area contributed by atoms with Crippen LogP contribution in [0, 0.1) is 0 Å². The van der Waals surface area contributed by atoms with E-state index in [2.05, 4.69) is 58.3 Å². The number of hydrogen-bond acceptors (Lipinski definition) is 5. The fraction of sp³-hybridized carbons (Fsp3) is 0.810. The lowest BCUT2D eigenvalue weighted by atomic mass is 9.89. The first-order chi connectivity index (χ1) is 12.3. The summed E-state index contributed by atoms with van der Waals surface area (Å²) in [6.07, 6.45) is 3.64. The highest BCUT2D eigenvalue weighted by molar-refractivity contribution is 5.19. The van der Waals surface area contributed by atoms with Crippen LogP contribution >= 0.6 is 0 Å². The van der Waals surface area contributed by atoms with Crippen LogP contribution in [0.3, 0.4) is 0 Å². The van der Waals surface area contributed by atoms with Crippen LogP contribution in [0.4, 0.5) is 0 Å². The van der Waals surface area contributed by atoms with Crippen molar-refractivity contribution in [2.45, 2.75) is 78.2 Å². The first-order valence-corrected chi connectivity index (χ1v) is 9.88. The van der Waals surface area contributed by atoms with E-state index in [1.165, 1.54) is 11.3 Å². The second-order valence-corrected chi connectivity index (χ2v) is 7.61. The van der Waals surface area contributed by atoms with Gasteiger partial charge in [-0.05, 0) is 59.2 Å². The van der Waals surface area contributed by atoms with Crippen molar-refractivity contribution < 1.29 is 14.2 Å². The molecule has 1 rings (SSSR count). The summed E-state index contributed by atoms with van der Waals surface area (Å²) in [4.78, 5) is 2.45. The molecular weight excluding hydrogens is 328 g/mol. The van der Waals surface area contributed by atoms with E-state index < -0.39 is 0 Å². The van der Waals surface area contributed by atoms with Crippen LogP contribution < -0.4 is 5.32 Å². The zero-order valence-electron chi connectivity index (χ0n) is 17.9. The zero-order valence-corrected chi connectivity index (χ0v) is 17.9. The summed E-state index contributed by atoms with van der Waals surface area (Å²) in [6, 6.07) is 0.284. The second kappa shape index (κ2) is 11.1. The molecule has 2 unspecified atom stereocenters. The maximum absolute atomic E-state index is 6.28. The van der Waals surface area contributed by atoms with Gasteiger partial charge in [-0.3, -0.25) is 4.90 Å². The molecular formula is C21H40N2O3. The molecule has 0 aromatic carbocycles. The summed E-state index contributed by atoms with van der Waals surface area (Å²) >= 11 is 0. The number of morpholine rings is 1. The van der Waals surface area contributed by atoms with Gasteiger partial charge in [-0.2, -0.15) is 0 Å². The van der Waals surface area contributed by atoms with Gasteiger partial charge in [-0.25, -0.2) is 0 Å². The highest BCUT2D eigenvalue weighted by Gasteiger charge is 2.35. The van der Waals surface area contributed by atoms with Gasteiger partial charge in [0.05, 0.1) is 31.0 Å². The predicted octanol–water partition coefficient (Wildman–Crippen LogP) is 3.71. The lowest BCUT2D eigenvalue weighted by Crippen LogP contribution is -2.46. The number of hydrogen-bond donors (Lipinski definition) is 1. The lowest BCUT2D eigenvalue weighted by Gasteiger charge is -2.38. The number of rotatable bonds is 11. The molecule has 1 aliphatic heterocycles. The fourth-order valence-corrected chi connectivity index (χ4v) is 3.49. The van der Waals surface area contributed by atoms with Gasteiger partial charge in [0, 0.05) is 31.9 Å². The summed E-state index contributed by atoms with van der Waals surface area (Å²) < 4.78 is 17.6. The predicted molar refractivity (Wildman–Crippen MR) is 108 cm³/mol. The van der Waals surface area contributed by atoms with E-state index >= 15 is 0 Å². The topological polar surface area (TPSA) is 43.0 Å². The van der Waals surface area contributed by atoms with E-state index in [1.807, 2.05) is 0 Å². The molecule has 5 nitrogen and oxygen atoms in total. The Labute approximate surface area is 160 Å². The van der Waals surface area contributed by atoms with Crippen LogP contribution in [0.1, 0.15) is 54.4 Å². The molecule has 1 aliphatic rings. The van der Waals surface area contributed by atoms with Gasteiger partial charge in [-0.15, -0.1) is 0 Å². The van der Waals surface area contributed by atoms with E-state index in [4.69, 9.17) is 14.2 Å². The molecule has 1 fully saturated rings. The number of ether oxygens (including phenoxy) is 3. The van der Waals surface area contributed by atoms with E-state index in [-0.39, 0.29) is 23.9 Å². The standard InChI is InChI=1S/C21H40N2O3/c1-9-21(7,24-8)19(26-16(3)4)15-17(5)20(22-10-2)18(6)23-11-13-25-14-12-23/h10,16,18-19,22H,2,9,11-15H2,1,3-8H3/b20-17-/t18?,19-,21?/m1/s1. The first-order valence-electron chi connectivity index (χ1n) is 9.88. The van der Waals surface area contributed by atoms with Gasteiger partial charge in [0.25, 0.3) is 0 Å². The molecule has 1 saturated heterocycles. The van der Waals surface area contributed by atoms with Crippen molar-refractivity contribution in [2.75, 3.05) is 33.4 Å². The summed E-state index contributed by atoms with van der Waals surface area (Å²) in [6.45, 7) is 20.2. The Morgan fingerprint density at radius 2 is 1.92 bits per heavy atom. The smallest absolute Gasteiger partial charge is 0.0911 e. The van der Waals surface area contributed by atoms with Gasteiger partial charge in [0.1, 0.15) is 0 Å². The third-order valence-electron chi connectivity index (χ3n) is 5.51. The van der Waals surface area contributed by atoms with Crippen molar-refractivity contribution in [1.29, 1.82) is 0 Å². The third-order valence-corrected chi connectivity index (χ3v) is 5.51. The summed E-state index contributed by atoms with van der Waals surface area (Å²) in [7, 11) is 1.78. The Kier molecular flexibility index (Phi) is 9.86. The maximum atomic E-state index is 6.28. The normalized spacial score (nSPS) is 21.7. The first kappa shape index (κ1) is 23.2. The van der Waals surface area contributed by atoms with Crippen molar-refractivity contribution in [1.82, 2.24) is 10.2 Å². The van der Waals surface area contributed by atoms with Crippen molar-refractivity contribution in [3.8, 4) is 0 Å². The number of methoxy groups -OCH3 is 1. The Morgan fingerprint density at radius 1 is 1.31 bits per heavy atom. The molecule has 0 saturated carbocycles. The lowest BCUT2D eigenvalue weighted by molar-refractivity contribution is -0.137. The summed E-state index contributed by atoms with van der Waals surface area (Å²) in [5.41, 5.74) is 2.17. The molecule has 0 amide bonds. The van der Waals surface area contributed by atoms with E-state index in [1.54, 1.807) is 13.3 Å². The van der Waals surface area contributed by atoms with E-state index in [0.29, 0.717) is 0 Å². The van der Waals surface area contributed by atoms with Gasteiger partial charge < -0.3 is 19.5 Å². The van der Waals surface area contributed by atoms with Crippen LogP contribution in [0.2, 0.25) is 0 Å². The van der Waals surface area contributed by atoms with Crippen molar-refractivity contribution in [2.24, 2.45) is 0 Å². The zero-order chi connectivity index (χ0) is 19.7. The molecule has 0 aromatic heterocycles. The van der Waals surface area contributed by atoms with Gasteiger partial charge in [0.15, 0.2) is 0 Å². The average Bonchev–Trinajstić information content (AvgIpc) is 2.64. The molecule has 0 aliphatic carbocycles. The fourth-order valence-electron chi connectivity index (χ4n) is 3.49. The SMILES string of the molecule is C=CN/C(=C(/C)C[C@@H](OC(C)C)C(C)(CC)OC)C(C)N1CCOCC1. The Balaban J connectivity index is 3.07. The molecule has 1 N–H and O–H groups in total. The van der Waals surface area contributed by atoms with Gasteiger partial charge in [0.2, 0.25) is 0 Å². The minimum Gasteiger partial charge on any atom is -0.379 e. The Bertz CT molecular complexity index is 452. The molecule has 0 radical (unpaired) electrons. The molecule has 0 bridgehead atoms. The minimum absolute atomic E-state index is 0.00370. The Hall–Kier alpha value is -0.880. The van der Waals surface area contributed by atoms with Gasteiger partial charge >= 0.3 is 0 Å².